The Morgan fingerprint density at radius 2 is 1.91 bits per heavy atom. The Morgan fingerprint density at radius 1 is 1.17 bits per heavy atom. The van der Waals surface area contributed by atoms with Gasteiger partial charge in [0.1, 0.15) is 5.69 Å². The van der Waals surface area contributed by atoms with Gasteiger partial charge in [0.25, 0.3) is 0 Å². The molecule has 2 aromatic carbocycles. The van der Waals surface area contributed by atoms with E-state index in [4.69, 9.17) is 4.52 Å². The quantitative estimate of drug-likeness (QED) is 0.786. The van der Waals surface area contributed by atoms with Crippen molar-refractivity contribution in [3.63, 3.8) is 0 Å². The van der Waals surface area contributed by atoms with Gasteiger partial charge in [0.15, 0.2) is 5.58 Å². The minimum atomic E-state index is -0.0939. The second-order valence-corrected chi connectivity index (χ2v) is 5.86. The van der Waals surface area contributed by atoms with Crippen LogP contribution in [0.1, 0.15) is 29.3 Å². The highest BCUT2D eigenvalue weighted by Gasteiger charge is 2.14. The first-order valence-electron chi connectivity index (χ1n) is 7.81. The molecule has 3 aromatic rings. The number of aryl methyl sites for hydroxylation is 3. The summed E-state index contributed by atoms with van der Waals surface area (Å²) in [6.07, 6.45) is 1.18. The lowest BCUT2D eigenvalue weighted by Crippen LogP contribution is -2.14. The van der Waals surface area contributed by atoms with Crippen molar-refractivity contribution in [3.05, 3.63) is 58.8 Å². The summed E-state index contributed by atoms with van der Waals surface area (Å²) >= 11 is 0. The number of aromatic nitrogens is 1. The van der Waals surface area contributed by atoms with Gasteiger partial charge in [0.2, 0.25) is 5.91 Å². The van der Waals surface area contributed by atoms with E-state index < -0.39 is 0 Å². The summed E-state index contributed by atoms with van der Waals surface area (Å²) in [4.78, 5) is 12.3. The molecule has 0 aliphatic carbocycles. The van der Waals surface area contributed by atoms with Crippen molar-refractivity contribution in [2.75, 3.05) is 5.32 Å². The number of nitrogens with zero attached hydrogens (tertiary/aromatic N) is 1. The van der Waals surface area contributed by atoms with Crippen LogP contribution in [0.3, 0.4) is 0 Å². The molecule has 1 aromatic heterocycles. The van der Waals surface area contributed by atoms with Gasteiger partial charge in [0, 0.05) is 11.1 Å². The van der Waals surface area contributed by atoms with Gasteiger partial charge in [0.05, 0.1) is 6.42 Å². The summed E-state index contributed by atoms with van der Waals surface area (Å²) in [6.45, 7) is 6.12. The number of anilines is 1. The van der Waals surface area contributed by atoms with Gasteiger partial charge in [-0.3, -0.25) is 4.79 Å². The van der Waals surface area contributed by atoms with E-state index in [0.717, 1.165) is 34.2 Å². The van der Waals surface area contributed by atoms with Crippen molar-refractivity contribution in [1.82, 2.24) is 5.16 Å². The molecule has 1 heterocycles. The fourth-order valence-electron chi connectivity index (χ4n) is 2.75. The largest absolute Gasteiger partial charge is 0.356 e. The van der Waals surface area contributed by atoms with Gasteiger partial charge in [-0.1, -0.05) is 30.3 Å². The molecule has 0 radical (unpaired) electrons. The number of nitrogens with one attached hydrogen (secondary N) is 1. The van der Waals surface area contributed by atoms with E-state index in [1.807, 2.05) is 50.2 Å². The standard InChI is InChI=1S/C19H20N2O2/c1-4-14-5-7-15(8-6-14)20-18(22)11-17-16-10-12(2)9-13(3)19(16)23-21-17/h5-10H,4,11H2,1-3H3,(H,20,22). The van der Waals surface area contributed by atoms with Crippen molar-refractivity contribution in [2.24, 2.45) is 0 Å². The fourth-order valence-corrected chi connectivity index (χ4v) is 2.75. The normalized spacial score (nSPS) is 10.9. The van der Waals surface area contributed by atoms with Crippen LogP contribution in [0.5, 0.6) is 0 Å². The predicted molar refractivity (Wildman–Crippen MR) is 91.6 cm³/mol. The second-order valence-electron chi connectivity index (χ2n) is 5.86. The van der Waals surface area contributed by atoms with E-state index >= 15 is 0 Å². The van der Waals surface area contributed by atoms with E-state index in [2.05, 4.69) is 17.4 Å². The molecule has 0 unspecified atom stereocenters. The molecule has 0 spiro atoms. The molecule has 0 aliphatic rings. The molecule has 0 aliphatic heterocycles. The number of fused-ring (bicyclic) bond motifs is 1. The Labute approximate surface area is 135 Å². The van der Waals surface area contributed by atoms with Crippen LogP contribution < -0.4 is 5.32 Å². The molecule has 1 amide bonds. The molecule has 0 atom stereocenters. The number of amides is 1. The monoisotopic (exact) mass is 308 g/mol. The van der Waals surface area contributed by atoms with Crippen molar-refractivity contribution in [1.29, 1.82) is 0 Å². The lowest BCUT2D eigenvalue weighted by molar-refractivity contribution is -0.115. The summed E-state index contributed by atoms with van der Waals surface area (Å²) in [5, 5.41) is 7.89. The number of carbonyl (C=O) groups excluding carboxylic acids is 1. The van der Waals surface area contributed by atoms with Crippen molar-refractivity contribution in [3.8, 4) is 0 Å². The molecule has 3 rings (SSSR count). The summed E-state index contributed by atoms with van der Waals surface area (Å²) in [7, 11) is 0. The second kappa shape index (κ2) is 6.24. The third kappa shape index (κ3) is 3.26. The number of carbonyl (C=O) groups is 1. The summed E-state index contributed by atoms with van der Waals surface area (Å²) in [5.41, 5.74) is 5.65. The number of rotatable bonds is 4. The molecular weight excluding hydrogens is 288 g/mol. The van der Waals surface area contributed by atoms with Crippen molar-refractivity contribution < 1.29 is 9.32 Å². The van der Waals surface area contributed by atoms with Crippen LogP contribution in [-0.4, -0.2) is 11.1 Å². The molecule has 1 N–H and O–H groups in total. The summed E-state index contributed by atoms with van der Waals surface area (Å²) < 4.78 is 5.39. The Bertz CT molecular complexity index is 848. The van der Waals surface area contributed by atoms with E-state index in [1.54, 1.807) is 0 Å². The van der Waals surface area contributed by atoms with Crippen LogP contribution in [0.25, 0.3) is 11.0 Å². The highest BCUT2D eigenvalue weighted by atomic mass is 16.5. The number of benzene rings is 2. The van der Waals surface area contributed by atoms with Crippen LogP contribution in [0.15, 0.2) is 40.9 Å². The first-order chi connectivity index (χ1) is 11.1. The molecular formula is C19H20N2O2. The zero-order valence-corrected chi connectivity index (χ0v) is 13.6. The first kappa shape index (κ1) is 15.3. The topological polar surface area (TPSA) is 55.1 Å². The minimum absolute atomic E-state index is 0.0939. The molecule has 4 nitrogen and oxygen atoms in total. The van der Waals surface area contributed by atoms with Gasteiger partial charge >= 0.3 is 0 Å². The van der Waals surface area contributed by atoms with Crippen LogP contribution in [-0.2, 0) is 17.6 Å². The van der Waals surface area contributed by atoms with E-state index in [0.29, 0.717) is 5.69 Å². The molecule has 0 fully saturated rings. The predicted octanol–water partition coefficient (Wildman–Crippen LogP) is 4.19. The van der Waals surface area contributed by atoms with Gasteiger partial charge < -0.3 is 9.84 Å². The Morgan fingerprint density at radius 3 is 2.61 bits per heavy atom. The smallest absolute Gasteiger partial charge is 0.230 e. The summed E-state index contributed by atoms with van der Waals surface area (Å²) in [6, 6.07) is 11.9. The average Bonchev–Trinajstić information content (AvgIpc) is 2.91. The zero-order valence-electron chi connectivity index (χ0n) is 13.6. The summed E-state index contributed by atoms with van der Waals surface area (Å²) in [5.74, 6) is -0.0939. The lowest BCUT2D eigenvalue weighted by atomic mass is 10.1. The Kier molecular flexibility index (Phi) is 4.15. The fraction of sp³-hybridized carbons (Fsp3) is 0.263. The van der Waals surface area contributed by atoms with Gasteiger partial charge in [-0.2, -0.15) is 0 Å². The van der Waals surface area contributed by atoms with Crippen LogP contribution in [0.2, 0.25) is 0 Å². The van der Waals surface area contributed by atoms with Crippen molar-refractivity contribution >= 4 is 22.6 Å². The molecule has 0 saturated carbocycles. The van der Waals surface area contributed by atoms with Crippen LogP contribution >= 0.6 is 0 Å². The van der Waals surface area contributed by atoms with Crippen LogP contribution in [0.4, 0.5) is 5.69 Å². The Balaban J connectivity index is 1.77. The third-order valence-corrected chi connectivity index (χ3v) is 3.95. The van der Waals surface area contributed by atoms with E-state index in [9.17, 15) is 4.79 Å². The molecule has 0 bridgehead atoms. The third-order valence-electron chi connectivity index (χ3n) is 3.95. The minimum Gasteiger partial charge on any atom is -0.356 e. The van der Waals surface area contributed by atoms with E-state index in [-0.39, 0.29) is 12.3 Å². The maximum absolute atomic E-state index is 12.3. The van der Waals surface area contributed by atoms with Gasteiger partial charge in [-0.05, 0) is 55.2 Å². The maximum Gasteiger partial charge on any atom is 0.230 e. The van der Waals surface area contributed by atoms with Gasteiger partial charge in [-0.25, -0.2) is 0 Å². The maximum atomic E-state index is 12.3. The number of hydrogen-bond acceptors (Lipinski definition) is 3. The zero-order chi connectivity index (χ0) is 16.4. The molecule has 0 saturated heterocycles. The average molecular weight is 308 g/mol. The Hall–Kier alpha value is -2.62. The van der Waals surface area contributed by atoms with Gasteiger partial charge in [-0.15, -0.1) is 0 Å². The number of hydrogen-bond donors (Lipinski definition) is 1. The van der Waals surface area contributed by atoms with Crippen molar-refractivity contribution in [2.45, 2.75) is 33.6 Å². The highest BCUT2D eigenvalue weighted by molar-refractivity contribution is 5.95. The molecule has 4 heteroatoms. The molecule has 23 heavy (non-hydrogen) atoms. The van der Waals surface area contributed by atoms with Crippen LogP contribution in [0, 0.1) is 13.8 Å². The molecule has 118 valence electrons. The SMILES string of the molecule is CCc1ccc(NC(=O)Cc2noc3c(C)cc(C)cc23)cc1. The first-order valence-corrected chi connectivity index (χ1v) is 7.81. The highest BCUT2D eigenvalue weighted by Crippen LogP contribution is 2.24. The van der Waals surface area contributed by atoms with E-state index in [1.165, 1.54) is 5.56 Å². The lowest BCUT2D eigenvalue weighted by Gasteiger charge is -2.05.